The van der Waals surface area contributed by atoms with Crippen molar-refractivity contribution in [2.24, 2.45) is 0 Å². The molecule has 0 saturated carbocycles. The Morgan fingerprint density at radius 3 is 2.64 bits per heavy atom. The van der Waals surface area contributed by atoms with Gasteiger partial charge in [-0.15, -0.1) is 11.3 Å². The van der Waals surface area contributed by atoms with E-state index in [-0.39, 0.29) is 18.0 Å². The van der Waals surface area contributed by atoms with Crippen molar-refractivity contribution in [3.05, 3.63) is 65.2 Å². The maximum atomic E-state index is 13.1. The van der Waals surface area contributed by atoms with E-state index in [1.807, 2.05) is 23.6 Å². The third-order valence-corrected chi connectivity index (χ3v) is 8.09. The predicted octanol–water partition coefficient (Wildman–Crippen LogP) is 5.53. The first-order chi connectivity index (χ1) is 17.2. The number of amides is 1. The van der Waals surface area contributed by atoms with E-state index < -0.39 is 11.7 Å². The smallest absolute Gasteiger partial charge is 0.351 e. The molecule has 1 saturated heterocycles. The van der Waals surface area contributed by atoms with Crippen molar-refractivity contribution >= 4 is 38.7 Å². The lowest BCUT2D eigenvalue weighted by atomic mass is 9.99. The van der Waals surface area contributed by atoms with Gasteiger partial charge in [0.2, 0.25) is 5.91 Å². The van der Waals surface area contributed by atoms with Crippen LogP contribution in [0.3, 0.4) is 0 Å². The maximum Gasteiger partial charge on any atom is 0.417 e. The summed E-state index contributed by atoms with van der Waals surface area (Å²) in [6.07, 6.45) is -0.511. The Labute approximate surface area is 212 Å². The summed E-state index contributed by atoms with van der Waals surface area (Å²) in [7, 11) is 0. The molecule has 2 aliphatic heterocycles. The zero-order valence-electron chi connectivity index (χ0n) is 20.3. The number of carbonyl (C=O) groups is 1. The van der Waals surface area contributed by atoms with E-state index in [1.54, 1.807) is 11.3 Å². The van der Waals surface area contributed by atoms with Gasteiger partial charge in [-0.05, 0) is 66.4 Å². The fourth-order valence-electron chi connectivity index (χ4n) is 5.05. The number of hydrogen-bond donors (Lipinski definition) is 0. The van der Waals surface area contributed by atoms with Crippen LogP contribution in [0.2, 0.25) is 0 Å². The quantitative estimate of drug-likeness (QED) is 0.459. The molecule has 0 unspecified atom stereocenters. The predicted molar refractivity (Wildman–Crippen MR) is 138 cm³/mol. The Morgan fingerprint density at radius 2 is 1.94 bits per heavy atom. The van der Waals surface area contributed by atoms with Crippen LogP contribution >= 0.6 is 11.3 Å². The van der Waals surface area contributed by atoms with Gasteiger partial charge in [-0.2, -0.15) is 13.2 Å². The first-order valence-electron chi connectivity index (χ1n) is 12.2. The molecule has 0 N–H and O–H groups in total. The summed E-state index contributed by atoms with van der Waals surface area (Å²) in [5.74, 6) is 0.641. The number of fused-ring (bicyclic) bond motifs is 1. The van der Waals surface area contributed by atoms with Crippen molar-refractivity contribution in [2.45, 2.75) is 38.5 Å². The topological polar surface area (TPSA) is 39.7 Å². The third kappa shape index (κ3) is 5.13. The molecule has 9 heteroatoms. The SMILES string of the molecule is C[C@@H]1CN(c2ccc(C(F)(F)F)cn2)[C@@H](C)CN1CC(=O)N1CC=C(c2ccc3ccsc3c2)CC1. The van der Waals surface area contributed by atoms with Crippen molar-refractivity contribution in [3.63, 3.8) is 0 Å². The maximum absolute atomic E-state index is 13.1. The number of rotatable bonds is 4. The molecule has 0 spiro atoms. The first-order valence-corrected chi connectivity index (χ1v) is 13.1. The average molecular weight is 515 g/mol. The first kappa shape index (κ1) is 24.8. The molecule has 36 heavy (non-hydrogen) atoms. The van der Waals surface area contributed by atoms with Crippen molar-refractivity contribution in [1.82, 2.24) is 14.8 Å². The molecule has 1 amide bonds. The molecule has 0 bridgehead atoms. The monoisotopic (exact) mass is 514 g/mol. The normalized spacial score (nSPS) is 21.6. The van der Waals surface area contributed by atoms with Crippen LogP contribution in [0.25, 0.3) is 15.7 Å². The van der Waals surface area contributed by atoms with Crippen LogP contribution in [-0.4, -0.2) is 65.5 Å². The van der Waals surface area contributed by atoms with Gasteiger partial charge in [0.25, 0.3) is 0 Å². The van der Waals surface area contributed by atoms with Crippen LogP contribution < -0.4 is 4.90 Å². The van der Waals surface area contributed by atoms with Gasteiger partial charge in [0.1, 0.15) is 5.82 Å². The molecule has 0 radical (unpaired) electrons. The lowest BCUT2D eigenvalue weighted by Gasteiger charge is -2.45. The minimum absolute atomic E-state index is 0.0262. The summed E-state index contributed by atoms with van der Waals surface area (Å²) in [5, 5.41) is 3.36. The molecule has 1 fully saturated rings. The van der Waals surface area contributed by atoms with Gasteiger partial charge in [0.15, 0.2) is 0 Å². The second-order valence-electron chi connectivity index (χ2n) is 9.68. The number of nitrogens with zero attached hydrogens (tertiary/aromatic N) is 4. The number of piperazine rings is 1. The average Bonchev–Trinajstić information content (AvgIpc) is 3.34. The van der Waals surface area contributed by atoms with E-state index in [0.717, 1.165) is 18.7 Å². The number of anilines is 1. The van der Waals surface area contributed by atoms with Crippen LogP contribution in [0.5, 0.6) is 0 Å². The summed E-state index contributed by atoms with van der Waals surface area (Å²) in [6, 6.07) is 11.3. The lowest BCUT2D eigenvalue weighted by molar-refractivity contribution is -0.137. The highest BCUT2D eigenvalue weighted by Crippen LogP contribution is 2.31. The Hall–Kier alpha value is -2.91. The summed E-state index contributed by atoms with van der Waals surface area (Å²) in [5.41, 5.74) is 1.77. The Morgan fingerprint density at radius 1 is 1.11 bits per heavy atom. The van der Waals surface area contributed by atoms with Gasteiger partial charge >= 0.3 is 6.18 Å². The van der Waals surface area contributed by atoms with Gasteiger partial charge in [-0.3, -0.25) is 9.69 Å². The van der Waals surface area contributed by atoms with Crippen LogP contribution in [-0.2, 0) is 11.0 Å². The number of aromatic nitrogens is 1. The van der Waals surface area contributed by atoms with Crippen molar-refractivity contribution < 1.29 is 18.0 Å². The van der Waals surface area contributed by atoms with Crippen LogP contribution in [0.1, 0.15) is 31.4 Å². The van der Waals surface area contributed by atoms with Gasteiger partial charge < -0.3 is 9.80 Å². The Bertz CT molecular complexity index is 1270. The van der Waals surface area contributed by atoms with Crippen molar-refractivity contribution in [1.29, 1.82) is 0 Å². The molecule has 4 heterocycles. The standard InChI is InChI=1S/C27H29F3N4OS/c1-18-16-34(25-6-5-23(14-31-25)27(28,29)30)19(2)15-33(18)17-26(35)32-10-7-20(8-11-32)22-4-3-21-9-12-36-24(21)13-22/h3-7,9,12-14,18-19H,8,10-11,15-17H2,1-2H3/t18-,19+/m1/s1. The van der Waals surface area contributed by atoms with Crippen LogP contribution in [0.4, 0.5) is 19.0 Å². The van der Waals surface area contributed by atoms with Crippen LogP contribution in [0.15, 0.2) is 54.1 Å². The minimum atomic E-state index is -4.40. The van der Waals surface area contributed by atoms with Crippen molar-refractivity contribution in [2.75, 3.05) is 37.6 Å². The van der Waals surface area contributed by atoms with Crippen molar-refractivity contribution in [3.8, 4) is 0 Å². The van der Waals surface area contributed by atoms with E-state index in [4.69, 9.17) is 0 Å². The number of pyridine rings is 1. The number of thiophene rings is 1. The second-order valence-corrected chi connectivity index (χ2v) is 10.6. The fourth-order valence-corrected chi connectivity index (χ4v) is 5.88. The summed E-state index contributed by atoms with van der Waals surface area (Å²) >= 11 is 1.74. The minimum Gasteiger partial charge on any atom is -0.351 e. The largest absolute Gasteiger partial charge is 0.417 e. The summed E-state index contributed by atoms with van der Waals surface area (Å²) in [4.78, 5) is 23.3. The molecular weight excluding hydrogens is 485 g/mol. The van der Waals surface area contributed by atoms with E-state index in [0.29, 0.717) is 38.5 Å². The highest BCUT2D eigenvalue weighted by molar-refractivity contribution is 7.17. The van der Waals surface area contributed by atoms with E-state index in [1.165, 1.54) is 27.3 Å². The molecule has 2 aliphatic rings. The number of carbonyl (C=O) groups excluding carboxylic acids is 1. The zero-order chi connectivity index (χ0) is 25.4. The van der Waals surface area contributed by atoms with Gasteiger partial charge in [0.05, 0.1) is 12.1 Å². The Balaban J connectivity index is 1.18. The molecule has 3 aromatic rings. The highest BCUT2D eigenvalue weighted by atomic mass is 32.1. The van der Waals surface area contributed by atoms with Crippen LogP contribution in [0, 0.1) is 0 Å². The zero-order valence-corrected chi connectivity index (χ0v) is 21.1. The molecule has 190 valence electrons. The summed E-state index contributed by atoms with van der Waals surface area (Å²) in [6.45, 7) is 6.95. The molecule has 0 aliphatic carbocycles. The number of alkyl halides is 3. The van der Waals surface area contributed by atoms with E-state index >= 15 is 0 Å². The number of halogens is 3. The number of hydrogen-bond acceptors (Lipinski definition) is 5. The van der Waals surface area contributed by atoms with Gasteiger partial charge in [0, 0.05) is 49.2 Å². The molecule has 2 atom stereocenters. The second kappa shape index (κ2) is 9.86. The molecular formula is C27H29F3N4OS. The van der Waals surface area contributed by atoms with Gasteiger partial charge in [-0.1, -0.05) is 18.2 Å². The third-order valence-electron chi connectivity index (χ3n) is 7.21. The van der Waals surface area contributed by atoms with E-state index in [2.05, 4.69) is 45.6 Å². The fraction of sp³-hybridized carbons (Fsp3) is 0.407. The molecule has 5 nitrogen and oxygen atoms in total. The Kier molecular flexibility index (Phi) is 6.78. The summed E-state index contributed by atoms with van der Waals surface area (Å²) < 4.78 is 39.9. The molecule has 2 aromatic heterocycles. The molecule has 1 aromatic carbocycles. The van der Waals surface area contributed by atoms with Gasteiger partial charge in [-0.25, -0.2) is 4.98 Å². The highest BCUT2D eigenvalue weighted by Gasteiger charge is 2.34. The lowest BCUT2D eigenvalue weighted by Crippen LogP contribution is -2.58. The molecule has 5 rings (SSSR count). The number of benzene rings is 1. The van der Waals surface area contributed by atoms with E-state index in [9.17, 15) is 18.0 Å².